The first-order chi connectivity index (χ1) is 12.9. The van der Waals surface area contributed by atoms with Gasteiger partial charge >= 0.3 is 0 Å². The molecule has 8 heteroatoms. The van der Waals surface area contributed by atoms with E-state index in [1.807, 2.05) is 0 Å². The van der Waals surface area contributed by atoms with Crippen LogP contribution in [-0.2, 0) is 6.54 Å². The van der Waals surface area contributed by atoms with Crippen LogP contribution in [0.2, 0.25) is 5.02 Å². The fraction of sp³-hybridized carbons (Fsp3) is 0.316. The zero-order valence-electron chi connectivity index (χ0n) is 15.0. The van der Waals surface area contributed by atoms with E-state index in [9.17, 15) is 14.0 Å². The van der Waals surface area contributed by atoms with Crippen molar-refractivity contribution in [1.29, 1.82) is 0 Å². The minimum Gasteiger partial charge on any atom is -0.321 e. The summed E-state index contributed by atoms with van der Waals surface area (Å²) in [7, 11) is 0. The van der Waals surface area contributed by atoms with E-state index >= 15 is 0 Å². The smallest absolute Gasteiger partial charge is 0.266 e. The monoisotopic (exact) mass is 407 g/mol. The summed E-state index contributed by atoms with van der Waals surface area (Å²) in [4.78, 5) is 30.7. The van der Waals surface area contributed by atoms with Crippen LogP contribution in [0.3, 0.4) is 0 Å². The molecule has 5 nitrogen and oxygen atoms in total. The highest BCUT2D eigenvalue weighted by Gasteiger charge is 2.19. The van der Waals surface area contributed by atoms with Crippen LogP contribution in [0, 0.1) is 12.7 Å². The molecule has 0 fully saturated rings. The summed E-state index contributed by atoms with van der Waals surface area (Å²) in [6.45, 7) is 4.46. The number of fused-ring (bicyclic) bond motifs is 1. The Labute approximate surface area is 164 Å². The Bertz CT molecular complexity index is 1060. The predicted molar refractivity (Wildman–Crippen MR) is 108 cm³/mol. The first-order valence-electron chi connectivity index (χ1n) is 8.67. The summed E-state index contributed by atoms with van der Waals surface area (Å²) < 4.78 is 14.9. The van der Waals surface area contributed by atoms with Crippen molar-refractivity contribution in [2.24, 2.45) is 0 Å². The fourth-order valence-corrected chi connectivity index (χ4v) is 4.04. The Hall–Kier alpha value is -2.25. The van der Waals surface area contributed by atoms with Gasteiger partial charge in [0.1, 0.15) is 10.6 Å². The number of rotatable bonds is 6. The van der Waals surface area contributed by atoms with Crippen molar-refractivity contribution in [3.05, 3.63) is 56.2 Å². The highest BCUT2D eigenvalue weighted by molar-refractivity contribution is 7.20. The molecule has 0 bridgehead atoms. The van der Waals surface area contributed by atoms with Gasteiger partial charge in [-0.15, -0.1) is 11.3 Å². The summed E-state index contributed by atoms with van der Waals surface area (Å²) in [6, 6.07) is 3.96. The van der Waals surface area contributed by atoms with E-state index in [2.05, 4.69) is 17.2 Å². The van der Waals surface area contributed by atoms with Gasteiger partial charge in [-0.05, 0) is 37.1 Å². The highest BCUT2D eigenvalue weighted by Crippen LogP contribution is 2.28. The molecule has 3 rings (SSSR count). The third-order valence-corrected chi connectivity index (χ3v) is 5.79. The van der Waals surface area contributed by atoms with Crippen molar-refractivity contribution in [3.8, 4) is 0 Å². The van der Waals surface area contributed by atoms with Crippen LogP contribution in [-0.4, -0.2) is 15.5 Å². The van der Waals surface area contributed by atoms with E-state index in [0.29, 0.717) is 32.9 Å². The molecule has 3 aromatic rings. The van der Waals surface area contributed by atoms with Crippen LogP contribution in [0.5, 0.6) is 0 Å². The maximum absolute atomic E-state index is 13.3. The zero-order chi connectivity index (χ0) is 19.6. The average molecular weight is 408 g/mol. The molecular formula is C19H19ClFN3O2S. The number of nitrogens with one attached hydrogen (secondary N) is 1. The minimum atomic E-state index is -0.555. The lowest BCUT2D eigenvalue weighted by atomic mass is 10.2. The van der Waals surface area contributed by atoms with Gasteiger partial charge < -0.3 is 5.32 Å². The molecule has 1 amide bonds. The van der Waals surface area contributed by atoms with Crippen LogP contribution in [0.25, 0.3) is 10.2 Å². The maximum atomic E-state index is 13.3. The van der Waals surface area contributed by atoms with E-state index in [4.69, 9.17) is 11.6 Å². The molecular weight excluding hydrogens is 389 g/mol. The molecule has 0 saturated heterocycles. The predicted octanol–water partition coefficient (Wildman–Crippen LogP) is 5.00. The van der Waals surface area contributed by atoms with Gasteiger partial charge in [-0.3, -0.25) is 14.2 Å². The van der Waals surface area contributed by atoms with Crippen LogP contribution >= 0.6 is 22.9 Å². The van der Waals surface area contributed by atoms with E-state index in [0.717, 1.165) is 19.3 Å². The van der Waals surface area contributed by atoms with Crippen LogP contribution in [0.4, 0.5) is 10.1 Å². The number of halogens is 2. The molecule has 27 heavy (non-hydrogen) atoms. The largest absolute Gasteiger partial charge is 0.321 e. The summed E-state index contributed by atoms with van der Waals surface area (Å²) in [5.41, 5.74) is 0.852. The molecule has 2 aromatic heterocycles. The molecule has 0 aliphatic carbocycles. The summed E-state index contributed by atoms with van der Waals surface area (Å²) in [5.74, 6) is -0.935. The highest BCUT2D eigenvalue weighted by atomic mass is 35.5. The van der Waals surface area contributed by atoms with Crippen molar-refractivity contribution >= 4 is 44.7 Å². The van der Waals surface area contributed by atoms with Gasteiger partial charge in [0.2, 0.25) is 0 Å². The first kappa shape index (κ1) is 19.5. The van der Waals surface area contributed by atoms with Crippen LogP contribution in [0.15, 0.2) is 29.3 Å². The molecule has 0 radical (unpaired) electrons. The third kappa shape index (κ3) is 4.04. The lowest BCUT2D eigenvalue weighted by Gasteiger charge is -2.05. The summed E-state index contributed by atoms with van der Waals surface area (Å²) >= 11 is 6.92. The Morgan fingerprint density at radius 3 is 2.85 bits per heavy atom. The number of aryl methyl sites for hydroxylation is 2. The van der Waals surface area contributed by atoms with Crippen molar-refractivity contribution in [3.63, 3.8) is 0 Å². The number of hydrogen-bond donors (Lipinski definition) is 1. The zero-order valence-corrected chi connectivity index (χ0v) is 16.6. The number of anilines is 1. The number of amides is 1. The third-order valence-electron chi connectivity index (χ3n) is 4.30. The van der Waals surface area contributed by atoms with Crippen molar-refractivity contribution in [1.82, 2.24) is 9.55 Å². The lowest BCUT2D eigenvalue weighted by Crippen LogP contribution is -2.20. The number of carbonyl (C=O) groups excluding carboxylic acids is 1. The number of aromatic nitrogens is 2. The lowest BCUT2D eigenvalue weighted by molar-refractivity contribution is 0.103. The molecule has 0 spiro atoms. The van der Waals surface area contributed by atoms with Gasteiger partial charge in [0.05, 0.1) is 21.6 Å². The SMILES string of the molecule is CCCCCn1cnc2sc(C(=O)Nc3ccc(F)c(Cl)c3)c(C)c2c1=O. The second-order valence-electron chi connectivity index (χ2n) is 6.27. The fourth-order valence-electron chi connectivity index (χ4n) is 2.83. The number of thiophene rings is 1. The van der Waals surface area contributed by atoms with Crippen molar-refractivity contribution in [2.45, 2.75) is 39.7 Å². The Morgan fingerprint density at radius 1 is 1.37 bits per heavy atom. The normalized spacial score (nSPS) is 11.1. The second kappa shape index (κ2) is 8.19. The molecule has 0 aliphatic heterocycles. The molecule has 142 valence electrons. The van der Waals surface area contributed by atoms with Crippen LogP contribution < -0.4 is 10.9 Å². The Balaban J connectivity index is 1.91. The van der Waals surface area contributed by atoms with Gasteiger partial charge in [-0.1, -0.05) is 31.4 Å². The number of unbranched alkanes of at least 4 members (excludes halogenated alkanes) is 2. The Morgan fingerprint density at radius 2 is 2.15 bits per heavy atom. The van der Waals surface area contributed by atoms with Crippen LogP contribution in [0.1, 0.15) is 41.4 Å². The topological polar surface area (TPSA) is 64.0 Å². The van der Waals surface area contributed by atoms with Gasteiger partial charge in [-0.25, -0.2) is 9.37 Å². The molecule has 0 atom stereocenters. The number of hydrogen-bond acceptors (Lipinski definition) is 4. The first-order valence-corrected chi connectivity index (χ1v) is 9.86. The molecule has 2 heterocycles. The summed E-state index contributed by atoms with van der Waals surface area (Å²) in [5, 5.41) is 3.09. The number of carbonyl (C=O) groups is 1. The van der Waals surface area contributed by atoms with Crippen molar-refractivity contribution < 1.29 is 9.18 Å². The molecule has 0 unspecified atom stereocenters. The quantitative estimate of drug-likeness (QED) is 0.584. The maximum Gasteiger partial charge on any atom is 0.266 e. The van der Waals surface area contributed by atoms with Crippen molar-refractivity contribution in [2.75, 3.05) is 5.32 Å². The minimum absolute atomic E-state index is 0.0718. The van der Waals surface area contributed by atoms with Gasteiger partial charge in [-0.2, -0.15) is 0 Å². The number of nitrogens with zero attached hydrogens (tertiary/aromatic N) is 2. The van der Waals surface area contributed by atoms with Gasteiger partial charge in [0, 0.05) is 12.2 Å². The van der Waals surface area contributed by atoms with E-state index in [1.165, 1.54) is 35.9 Å². The standard InChI is InChI=1S/C19H19ClFN3O2S/c1-3-4-5-8-24-10-22-18-15(19(24)26)11(2)16(27-18)17(25)23-12-6-7-14(21)13(20)9-12/h6-7,9-10H,3-5,8H2,1-2H3,(H,23,25). The van der Waals surface area contributed by atoms with Gasteiger partial charge in [0.25, 0.3) is 11.5 Å². The van der Waals surface area contributed by atoms with Gasteiger partial charge in [0.15, 0.2) is 0 Å². The average Bonchev–Trinajstić information content (AvgIpc) is 2.98. The molecule has 0 aliphatic rings. The second-order valence-corrected chi connectivity index (χ2v) is 7.68. The molecule has 0 saturated carbocycles. The molecule has 1 aromatic carbocycles. The Kier molecular flexibility index (Phi) is 5.92. The molecule has 1 N–H and O–H groups in total. The number of benzene rings is 1. The van der Waals surface area contributed by atoms with E-state index in [1.54, 1.807) is 11.5 Å². The van der Waals surface area contributed by atoms with E-state index < -0.39 is 5.82 Å². The van der Waals surface area contributed by atoms with E-state index in [-0.39, 0.29) is 16.5 Å². The summed E-state index contributed by atoms with van der Waals surface area (Å²) in [6.07, 6.45) is 4.56.